The van der Waals surface area contributed by atoms with Gasteiger partial charge in [0.1, 0.15) is 17.1 Å². The molecule has 4 rings (SSSR count). The lowest BCUT2D eigenvalue weighted by Crippen LogP contribution is -2.32. The van der Waals surface area contributed by atoms with Crippen molar-refractivity contribution >= 4 is 17.7 Å². The van der Waals surface area contributed by atoms with Crippen LogP contribution in [0.25, 0.3) is 0 Å². The van der Waals surface area contributed by atoms with Gasteiger partial charge in [0.15, 0.2) is 0 Å². The van der Waals surface area contributed by atoms with Crippen molar-refractivity contribution in [3.8, 4) is 0 Å². The van der Waals surface area contributed by atoms with Crippen LogP contribution in [-0.4, -0.2) is 37.5 Å². The minimum atomic E-state index is -0.0938. The maximum atomic E-state index is 13.5. The van der Waals surface area contributed by atoms with Crippen molar-refractivity contribution in [3.05, 3.63) is 58.4 Å². The van der Waals surface area contributed by atoms with Crippen molar-refractivity contribution in [3.63, 3.8) is 0 Å². The van der Waals surface area contributed by atoms with Gasteiger partial charge in [-0.2, -0.15) is 0 Å². The number of carbonyl (C=O) groups excluding carboxylic acids is 1. The SMILES string of the molecule is Cc1cc(C)nc(Nc2cccc([C@@H]3CCCN3C(=O)c3c(C(C)C)noc3C)n2)n1. The number of likely N-dealkylation sites (tertiary alicyclic amines) is 1. The van der Waals surface area contributed by atoms with E-state index in [0.29, 0.717) is 35.3 Å². The van der Waals surface area contributed by atoms with Crippen LogP contribution in [-0.2, 0) is 0 Å². The summed E-state index contributed by atoms with van der Waals surface area (Å²) in [6.07, 6.45) is 1.79. The molecule has 0 unspecified atom stereocenters. The molecule has 1 aliphatic heterocycles. The van der Waals surface area contributed by atoms with Crippen molar-refractivity contribution in [2.75, 3.05) is 11.9 Å². The van der Waals surface area contributed by atoms with Crippen LogP contribution in [0.4, 0.5) is 11.8 Å². The Morgan fingerprint density at radius 2 is 1.90 bits per heavy atom. The van der Waals surface area contributed by atoms with Gasteiger partial charge in [-0.15, -0.1) is 0 Å². The van der Waals surface area contributed by atoms with Crippen LogP contribution in [0.15, 0.2) is 28.8 Å². The van der Waals surface area contributed by atoms with Gasteiger partial charge in [-0.3, -0.25) is 4.79 Å². The van der Waals surface area contributed by atoms with Crippen LogP contribution in [0.5, 0.6) is 0 Å². The molecule has 8 nitrogen and oxygen atoms in total. The number of carbonyl (C=O) groups is 1. The lowest BCUT2D eigenvalue weighted by Gasteiger charge is -2.25. The van der Waals surface area contributed by atoms with E-state index < -0.39 is 0 Å². The van der Waals surface area contributed by atoms with Gasteiger partial charge >= 0.3 is 0 Å². The van der Waals surface area contributed by atoms with E-state index in [9.17, 15) is 4.79 Å². The van der Waals surface area contributed by atoms with Gasteiger partial charge in [-0.05, 0) is 57.7 Å². The quantitative estimate of drug-likeness (QED) is 0.643. The zero-order valence-electron chi connectivity index (χ0n) is 18.6. The second-order valence-electron chi connectivity index (χ2n) is 8.36. The first kappa shape index (κ1) is 21.0. The molecule has 1 N–H and O–H groups in total. The molecule has 0 bridgehead atoms. The fourth-order valence-electron chi connectivity index (χ4n) is 4.11. The average molecular weight is 421 g/mol. The standard InChI is InChI=1S/C23H28N6O2/c1-13(2)21-20(16(5)31-28-21)22(30)29-11-7-9-18(29)17-8-6-10-19(26-17)27-23-24-14(3)12-15(4)25-23/h6,8,10,12-13,18H,7,9,11H2,1-5H3,(H,24,25,26,27)/t18-/m0/s1. The number of aromatic nitrogens is 4. The van der Waals surface area contributed by atoms with E-state index in [1.165, 1.54) is 0 Å². The van der Waals surface area contributed by atoms with Crippen LogP contribution < -0.4 is 5.32 Å². The maximum absolute atomic E-state index is 13.5. The van der Waals surface area contributed by atoms with E-state index in [-0.39, 0.29) is 17.9 Å². The van der Waals surface area contributed by atoms with Gasteiger partial charge < -0.3 is 14.7 Å². The highest BCUT2D eigenvalue weighted by Gasteiger charge is 2.35. The molecule has 0 radical (unpaired) electrons. The van der Waals surface area contributed by atoms with Crippen molar-refractivity contribution in [2.24, 2.45) is 0 Å². The van der Waals surface area contributed by atoms with Crippen LogP contribution in [0.1, 0.15) is 77.5 Å². The lowest BCUT2D eigenvalue weighted by atomic mass is 10.0. The van der Waals surface area contributed by atoms with E-state index in [4.69, 9.17) is 9.51 Å². The first-order valence-corrected chi connectivity index (χ1v) is 10.7. The van der Waals surface area contributed by atoms with Crippen LogP contribution >= 0.6 is 0 Å². The minimum absolute atomic E-state index is 0.0391. The highest BCUT2D eigenvalue weighted by Crippen LogP contribution is 2.34. The third-order valence-corrected chi connectivity index (χ3v) is 5.50. The van der Waals surface area contributed by atoms with Crippen molar-refractivity contribution in [2.45, 2.75) is 59.4 Å². The number of pyridine rings is 1. The van der Waals surface area contributed by atoms with Gasteiger partial charge in [0.2, 0.25) is 5.95 Å². The molecule has 4 heterocycles. The molecular weight excluding hydrogens is 392 g/mol. The summed E-state index contributed by atoms with van der Waals surface area (Å²) in [4.78, 5) is 29.0. The summed E-state index contributed by atoms with van der Waals surface area (Å²) in [6.45, 7) is 10.4. The first-order valence-electron chi connectivity index (χ1n) is 10.7. The number of aryl methyl sites for hydroxylation is 3. The fourth-order valence-corrected chi connectivity index (χ4v) is 4.11. The number of hydrogen-bond acceptors (Lipinski definition) is 7. The first-order chi connectivity index (χ1) is 14.8. The molecule has 1 saturated heterocycles. The summed E-state index contributed by atoms with van der Waals surface area (Å²) in [6, 6.07) is 7.62. The van der Waals surface area contributed by atoms with Gasteiger partial charge in [-0.1, -0.05) is 25.1 Å². The van der Waals surface area contributed by atoms with E-state index in [1.54, 1.807) is 6.92 Å². The van der Waals surface area contributed by atoms with Crippen molar-refractivity contribution in [1.82, 2.24) is 25.0 Å². The zero-order chi connectivity index (χ0) is 22.1. The van der Waals surface area contributed by atoms with Crippen LogP contribution in [0, 0.1) is 20.8 Å². The van der Waals surface area contributed by atoms with Crippen molar-refractivity contribution in [1.29, 1.82) is 0 Å². The Hall–Kier alpha value is -3.29. The molecule has 0 spiro atoms. The predicted octanol–water partition coefficient (Wildman–Crippen LogP) is 4.63. The number of nitrogens with one attached hydrogen (secondary N) is 1. The molecule has 0 saturated carbocycles. The topological polar surface area (TPSA) is 97.0 Å². The smallest absolute Gasteiger partial charge is 0.259 e. The predicted molar refractivity (Wildman–Crippen MR) is 117 cm³/mol. The maximum Gasteiger partial charge on any atom is 0.259 e. The Morgan fingerprint density at radius 1 is 1.16 bits per heavy atom. The third kappa shape index (κ3) is 4.28. The summed E-state index contributed by atoms with van der Waals surface area (Å²) < 4.78 is 5.35. The summed E-state index contributed by atoms with van der Waals surface area (Å²) in [5.74, 6) is 1.81. The molecule has 0 aliphatic carbocycles. The molecule has 162 valence electrons. The number of anilines is 2. The molecule has 3 aromatic heterocycles. The fraction of sp³-hybridized carbons (Fsp3) is 0.435. The highest BCUT2D eigenvalue weighted by molar-refractivity contribution is 5.96. The van der Waals surface area contributed by atoms with Crippen LogP contribution in [0.3, 0.4) is 0 Å². The van der Waals surface area contributed by atoms with Gasteiger partial charge in [-0.25, -0.2) is 15.0 Å². The Morgan fingerprint density at radius 3 is 2.61 bits per heavy atom. The summed E-state index contributed by atoms with van der Waals surface area (Å²) in [5.41, 5.74) is 3.93. The minimum Gasteiger partial charge on any atom is -0.361 e. The van der Waals surface area contributed by atoms with Gasteiger partial charge in [0.05, 0.1) is 17.4 Å². The van der Waals surface area contributed by atoms with E-state index in [2.05, 4.69) is 20.4 Å². The monoisotopic (exact) mass is 420 g/mol. The highest BCUT2D eigenvalue weighted by atomic mass is 16.5. The molecule has 31 heavy (non-hydrogen) atoms. The number of amides is 1. The molecule has 1 aliphatic rings. The van der Waals surface area contributed by atoms with Gasteiger partial charge in [0.25, 0.3) is 5.91 Å². The normalized spacial score (nSPS) is 16.2. The Balaban J connectivity index is 1.60. The Kier molecular flexibility index (Phi) is 5.71. The molecule has 1 amide bonds. The average Bonchev–Trinajstić information content (AvgIpc) is 3.34. The van der Waals surface area contributed by atoms with Gasteiger partial charge in [0, 0.05) is 17.9 Å². The largest absolute Gasteiger partial charge is 0.361 e. The summed E-state index contributed by atoms with van der Waals surface area (Å²) >= 11 is 0. The van der Waals surface area contributed by atoms with Crippen molar-refractivity contribution < 1.29 is 9.32 Å². The molecule has 3 aromatic rings. The second-order valence-corrected chi connectivity index (χ2v) is 8.36. The Bertz CT molecular complexity index is 1090. The zero-order valence-corrected chi connectivity index (χ0v) is 18.6. The van der Waals surface area contributed by atoms with E-state index in [0.717, 1.165) is 29.9 Å². The molecule has 1 fully saturated rings. The Labute approximate surface area is 182 Å². The molecule has 1 atom stereocenters. The second kappa shape index (κ2) is 8.45. The number of rotatable bonds is 5. The molecule has 8 heteroatoms. The lowest BCUT2D eigenvalue weighted by molar-refractivity contribution is 0.0730. The van der Waals surface area contributed by atoms with E-state index >= 15 is 0 Å². The van der Waals surface area contributed by atoms with E-state index in [1.807, 2.05) is 56.9 Å². The number of hydrogen-bond donors (Lipinski definition) is 1. The molecular formula is C23H28N6O2. The third-order valence-electron chi connectivity index (χ3n) is 5.50. The molecule has 0 aromatic carbocycles. The van der Waals surface area contributed by atoms with Crippen LogP contribution in [0.2, 0.25) is 0 Å². The summed E-state index contributed by atoms with van der Waals surface area (Å²) in [7, 11) is 0. The summed E-state index contributed by atoms with van der Waals surface area (Å²) in [5, 5.41) is 7.31. The number of nitrogens with zero attached hydrogens (tertiary/aromatic N) is 5.